The number of hydrogen-bond donors (Lipinski definition) is 0. The highest BCUT2D eigenvalue weighted by molar-refractivity contribution is 5.41. The lowest BCUT2D eigenvalue weighted by Crippen LogP contribution is -2.32. The summed E-state index contributed by atoms with van der Waals surface area (Å²) in [5.41, 5.74) is 3.62. The number of hydrogen-bond acceptors (Lipinski definition) is 6. The zero-order valence-corrected chi connectivity index (χ0v) is 15.6. The molecule has 138 valence electrons. The molecule has 0 bridgehead atoms. The minimum Gasteiger partial charge on any atom is -0.497 e. The topological polar surface area (TPSA) is 50.7 Å². The smallest absolute Gasteiger partial charge is 0.225 e. The standard InChI is InChI=1S/C20H26N4O2/c1-25-17-6-5-15(19(11-17)26-2)13-23-10-7-18-16(14-23)12-21-20(22-18)24-8-3-4-9-24/h5-6,11-12H,3-4,7-10,13-14H2,1-2H3. The molecular weight excluding hydrogens is 328 g/mol. The first kappa shape index (κ1) is 17.1. The SMILES string of the molecule is COc1ccc(CN2CCc3nc(N4CCCC4)ncc3C2)c(OC)c1. The molecule has 0 spiro atoms. The van der Waals surface area contributed by atoms with E-state index >= 15 is 0 Å². The number of nitrogens with zero attached hydrogens (tertiary/aromatic N) is 4. The summed E-state index contributed by atoms with van der Waals surface area (Å²) in [6, 6.07) is 6.01. The van der Waals surface area contributed by atoms with Crippen LogP contribution in [0.4, 0.5) is 5.95 Å². The van der Waals surface area contributed by atoms with Crippen LogP contribution in [0.3, 0.4) is 0 Å². The lowest BCUT2D eigenvalue weighted by Gasteiger charge is -2.29. The first-order valence-electron chi connectivity index (χ1n) is 9.30. The minimum absolute atomic E-state index is 0.817. The Hall–Kier alpha value is -2.34. The van der Waals surface area contributed by atoms with E-state index < -0.39 is 0 Å². The lowest BCUT2D eigenvalue weighted by atomic mass is 10.1. The van der Waals surface area contributed by atoms with Crippen molar-refractivity contribution in [1.82, 2.24) is 14.9 Å². The second-order valence-corrected chi connectivity index (χ2v) is 6.97. The molecule has 4 rings (SSSR count). The highest BCUT2D eigenvalue weighted by Gasteiger charge is 2.22. The quantitative estimate of drug-likeness (QED) is 0.823. The third-order valence-electron chi connectivity index (χ3n) is 5.28. The molecule has 0 radical (unpaired) electrons. The Balaban J connectivity index is 1.47. The van der Waals surface area contributed by atoms with Crippen molar-refractivity contribution >= 4 is 5.95 Å². The Kier molecular flexibility index (Phi) is 4.93. The zero-order valence-electron chi connectivity index (χ0n) is 15.6. The molecule has 1 aromatic heterocycles. The van der Waals surface area contributed by atoms with Gasteiger partial charge in [0.1, 0.15) is 11.5 Å². The fourth-order valence-electron chi connectivity index (χ4n) is 3.79. The number of anilines is 1. The molecule has 1 saturated heterocycles. The summed E-state index contributed by atoms with van der Waals surface area (Å²) < 4.78 is 10.8. The van der Waals surface area contributed by atoms with Crippen molar-refractivity contribution in [3.63, 3.8) is 0 Å². The summed E-state index contributed by atoms with van der Waals surface area (Å²) >= 11 is 0. The van der Waals surface area contributed by atoms with Gasteiger partial charge in [0.2, 0.25) is 5.95 Å². The first-order valence-corrected chi connectivity index (χ1v) is 9.30. The molecule has 2 aliphatic heterocycles. The van der Waals surface area contributed by atoms with Gasteiger partial charge in [0.15, 0.2) is 0 Å². The number of rotatable bonds is 5. The van der Waals surface area contributed by atoms with Gasteiger partial charge in [-0.05, 0) is 18.9 Å². The van der Waals surface area contributed by atoms with Crippen molar-refractivity contribution in [2.24, 2.45) is 0 Å². The van der Waals surface area contributed by atoms with Crippen molar-refractivity contribution in [3.8, 4) is 11.5 Å². The van der Waals surface area contributed by atoms with Crippen molar-refractivity contribution in [2.75, 3.05) is 38.8 Å². The van der Waals surface area contributed by atoms with E-state index in [0.717, 1.165) is 56.6 Å². The predicted molar refractivity (Wildman–Crippen MR) is 101 cm³/mol. The molecule has 1 aromatic carbocycles. The van der Waals surface area contributed by atoms with E-state index in [-0.39, 0.29) is 0 Å². The second kappa shape index (κ2) is 7.50. The first-order chi connectivity index (χ1) is 12.8. The number of aromatic nitrogens is 2. The molecule has 0 unspecified atom stereocenters. The fourth-order valence-corrected chi connectivity index (χ4v) is 3.79. The number of benzene rings is 1. The van der Waals surface area contributed by atoms with Gasteiger partial charge in [0.25, 0.3) is 0 Å². The Bertz CT molecular complexity index is 774. The van der Waals surface area contributed by atoms with E-state index in [0.29, 0.717) is 0 Å². The maximum absolute atomic E-state index is 5.53. The van der Waals surface area contributed by atoms with Crippen LogP contribution in [-0.4, -0.2) is 48.7 Å². The van der Waals surface area contributed by atoms with Crippen LogP contribution in [0.5, 0.6) is 11.5 Å². The molecule has 2 aromatic rings. The lowest BCUT2D eigenvalue weighted by molar-refractivity contribution is 0.239. The summed E-state index contributed by atoms with van der Waals surface area (Å²) in [4.78, 5) is 14.2. The average Bonchev–Trinajstić information content (AvgIpc) is 3.22. The van der Waals surface area contributed by atoms with Gasteiger partial charge < -0.3 is 14.4 Å². The molecule has 1 fully saturated rings. The molecule has 0 saturated carbocycles. The maximum Gasteiger partial charge on any atom is 0.225 e. The van der Waals surface area contributed by atoms with Gasteiger partial charge in [-0.1, -0.05) is 6.07 Å². The number of ether oxygens (including phenoxy) is 2. The van der Waals surface area contributed by atoms with E-state index in [4.69, 9.17) is 14.5 Å². The van der Waals surface area contributed by atoms with Crippen LogP contribution in [0, 0.1) is 0 Å². The highest BCUT2D eigenvalue weighted by Crippen LogP contribution is 2.28. The van der Waals surface area contributed by atoms with Crippen molar-refractivity contribution < 1.29 is 9.47 Å². The van der Waals surface area contributed by atoms with E-state index in [1.165, 1.54) is 29.7 Å². The minimum atomic E-state index is 0.817. The molecule has 6 heteroatoms. The predicted octanol–water partition coefficient (Wildman–Crippen LogP) is 2.65. The molecule has 0 amide bonds. The highest BCUT2D eigenvalue weighted by atomic mass is 16.5. The molecule has 26 heavy (non-hydrogen) atoms. The molecule has 2 aliphatic rings. The largest absolute Gasteiger partial charge is 0.497 e. The third-order valence-corrected chi connectivity index (χ3v) is 5.28. The van der Waals surface area contributed by atoms with Gasteiger partial charge in [-0.2, -0.15) is 0 Å². The second-order valence-electron chi connectivity index (χ2n) is 6.97. The summed E-state index contributed by atoms with van der Waals surface area (Å²) in [5.74, 6) is 2.60. The Labute approximate surface area is 154 Å². The van der Waals surface area contributed by atoms with Crippen LogP contribution in [0.15, 0.2) is 24.4 Å². The van der Waals surface area contributed by atoms with Gasteiger partial charge in [-0.15, -0.1) is 0 Å². The molecule has 0 atom stereocenters. The van der Waals surface area contributed by atoms with Crippen LogP contribution >= 0.6 is 0 Å². The third kappa shape index (κ3) is 3.46. The summed E-state index contributed by atoms with van der Waals surface area (Å²) in [5, 5.41) is 0. The molecular formula is C20H26N4O2. The Morgan fingerprint density at radius 1 is 1.08 bits per heavy atom. The van der Waals surface area contributed by atoms with Crippen molar-refractivity contribution in [3.05, 3.63) is 41.2 Å². The summed E-state index contributed by atoms with van der Waals surface area (Å²) in [7, 11) is 3.38. The van der Waals surface area contributed by atoms with Crippen LogP contribution in [0.2, 0.25) is 0 Å². The fraction of sp³-hybridized carbons (Fsp3) is 0.500. The normalized spacial score (nSPS) is 17.2. The van der Waals surface area contributed by atoms with Gasteiger partial charge in [-0.25, -0.2) is 9.97 Å². The Morgan fingerprint density at radius 3 is 2.69 bits per heavy atom. The molecule has 3 heterocycles. The number of methoxy groups -OCH3 is 2. The summed E-state index contributed by atoms with van der Waals surface area (Å²) in [6.45, 7) is 4.90. The number of fused-ring (bicyclic) bond motifs is 1. The van der Waals surface area contributed by atoms with E-state index in [9.17, 15) is 0 Å². The average molecular weight is 354 g/mol. The molecule has 0 N–H and O–H groups in total. The van der Waals surface area contributed by atoms with Gasteiger partial charge in [-0.3, -0.25) is 4.90 Å². The van der Waals surface area contributed by atoms with Gasteiger partial charge in [0, 0.05) is 62.5 Å². The Morgan fingerprint density at radius 2 is 1.92 bits per heavy atom. The zero-order chi connectivity index (χ0) is 17.9. The van der Waals surface area contributed by atoms with Crippen LogP contribution in [-0.2, 0) is 19.5 Å². The van der Waals surface area contributed by atoms with E-state index in [2.05, 4.69) is 20.9 Å². The van der Waals surface area contributed by atoms with Crippen LogP contribution in [0.25, 0.3) is 0 Å². The maximum atomic E-state index is 5.53. The van der Waals surface area contributed by atoms with E-state index in [1.54, 1.807) is 14.2 Å². The van der Waals surface area contributed by atoms with Crippen LogP contribution in [0.1, 0.15) is 29.7 Å². The van der Waals surface area contributed by atoms with Gasteiger partial charge in [0.05, 0.1) is 19.9 Å². The summed E-state index contributed by atoms with van der Waals surface area (Å²) in [6.07, 6.45) is 5.49. The monoisotopic (exact) mass is 354 g/mol. The van der Waals surface area contributed by atoms with Crippen molar-refractivity contribution in [1.29, 1.82) is 0 Å². The van der Waals surface area contributed by atoms with Crippen molar-refractivity contribution in [2.45, 2.75) is 32.4 Å². The van der Waals surface area contributed by atoms with Crippen LogP contribution < -0.4 is 14.4 Å². The van der Waals surface area contributed by atoms with E-state index in [1.807, 2.05) is 18.3 Å². The molecule has 0 aliphatic carbocycles. The molecule has 6 nitrogen and oxygen atoms in total. The van der Waals surface area contributed by atoms with Gasteiger partial charge >= 0.3 is 0 Å².